The Morgan fingerprint density at radius 1 is 1.47 bits per heavy atom. The summed E-state index contributed by atoms with van der Waals surface area (Å²) in [5, 5.41) is 12.6. The predicted octanol–water partition coefficient (Wildman–Crippen LogP) is 0.776. The second kappa shape index (κ2) is 4.92. The lowest BCUT2D eigenvalue weighted by Gasteiger charge is -2.31. The number of carbonyl (C=O) groups is 1. The number of carboxylic acid groups (broad SMARTS) is 1. The van der Waals surface area contributed by atoms with Gasteiger partial charge in [-0.05, 0) is 26.7 Å². The van der Waals surface area contributed by atoms with Crippen molar-refractivity contribution in [2.75, 3.05) is 13.2 Å². The van der Waals surface area contributed by atoms with Gasteiger partial charge in [0.15, 0.2) is 0 Å². The normalized spacial score (nSPS) is 33.9. The van der Waals surface area contributed by atoms with E-state index < -0.39 is 11.5 Å². The average molecular weight is 243 g/mol. The fourth-order valence-electron chi connectivity index (χ4n) is 2.62. The molecule has 0 aromatic rings. The van der Waals surface area contributed by atoms with Crippen LogP contribution < -0.4 is 5.32 Å². The van der Waals surface area contributed by atoms with Crippen LogP contribution in [0, 0.1) is 0 Å². The molecule has 2 unspecified atom stereocenters. The molecule has 0 amide bonds. The molecule has 0 bridgehead atoms. The summed E-state index contributed by atoms with van der Waals surface area (Å²) in [4.78, 5) is 11.4. The van der Waals surface area contributed by atoms with Crippen molar-refractivity contribution in [3.63, 3.8) is 0 Å². The highest BCUT2D eigenvalue weighted by atomic mass is 16.6. The molecule has 1 saturated carbocycles. The van der Waals surface area contributed by atoms with Crippen LogP contribution in [0.15, 0.2) is 0 Å². The molecule has 0 aromatic heterocycles. The minimum Gasteiger partial charge on any atom is -0.480 e. The van der Waals surface area contributed by atoms with Crippen LogP contribution in [-0.2, 0) is 14.3 Å². The van der Waals surface area contributed by atoms with E-state index in [1.807, 2.05) is 13.8 Å². The van der Waals surface area contributed by atoms with Crippen molar-refractivity contribution in [1.82, 2.24) is 5.32 Å². The number of carboxylic acids is 1. The van der Waals surface area contributed by atoms with Crippen LogP contribution in [0.1, 0.15) is 33.1 Å². The summed E-state index contributed by atoms with van der Waals surface area (Å²) in [7, 11) is 0. The monoisotopic (exact) mass is 243 g/mol. The summed E-state index contributed by atoms with van der Waals surface area (Å²) in [5.41, 5.74) is -0.802. The fourth-order valence-corrected chi connectivity index (χ4v) is 2.62. The first-order chi connectivity index (χ1) is 8.02. The van der Waals surface area contributed by atoms with Crippen LogP contribution in [0.5, 0.6) is 0 Å². The number of ether oxygens (including phenoxy) is 2. The van der Waals surface area contributed by atoms with Gasteiger partial charge in [0, 0.05) is 12.5 Å². The van der Waals surface area contributed by atoms with Crippen LogP contribution >= 0.6 is 0 Å². The molecule has 2 N–H and O–H groups in total. The topological polar surface area (TPSA) is 67.8 Å². The minimum atomic E-state index is -0.802. The molecule has 0 aromatic carbocycles. The van der Waals surface area contributed by atoms with Crippen molar-refractivity contribution in [2.24, 2.45) is 0 Å². The van der Waals surface area contributed by atoms with E-state index in [1.165, 1.54) is 0 Å². The zero-order chi connectivity index (χ0) is 12.5. The summed E-state index contributed by atoms with van der Waals surface area (Å²) < 4.78 is 10.9. The zero-order valence-corrected chi connectivity index (χ0v) is 10.4. The molecule has 2 atom stereocenters. The first-order valence-electron chi connectivity index (χ1n) is 6.26. The lowest BCUT2D eigenvalue weighted by molar-refractivity contribution is -0.157. The minimum absolute atomic E-state index is 0.0475. The highest BCUT2D eigenvalue weighted by Crippen LogP contribution is 2.34. The molecule has 5 nitrogen and oxygen atoms in total. The van der Waals surface area contributed by atoms with Gasteiger partial charge in [0.05, 0.1) is 19.3 Å². The third-order valence-electron chi connectivity index (χ3n) is 3.44. The van der Waals surface area contributed by atoms with E-state index in [-0.39, 0.29) is 18.2 Å². The van der Waals surface area contributed by atoms with E-state index in [0.717, 1.165) is 6.42 Å². The summed E-state index contributed by atoms with van der Waals surface area (Å²) in [6, 6.07) is 0.164. The molecule has 2 rings (SSSR count). The largest absolute Gasteiger partial charge is 0.480 e. The second-order valence-electron chi connectivity index (χ2n) is 5.35. The van der Waals surface area contributed by atoms with E-state index >= 15 is 0 Å². The van der Waals surface area contributed by atoms with Gasteiger partial charge in [-0.3, -0.25) is 10.1 Å². The van der Waals surface area contributed by atoms with Crippen molar-refractivity contribution in [3.8, 4) is 0 Å². The van der Waals surface area contributed by atoms with Gasteiger partial charge >= 0.3 is 5.97 Å². The Morgan fingerprint density at radius 2 is 2.18 bits per heavy atom. The Labute approximate surface area is 101 Å². The molecule has 5 heteroatoms. The van der Waals surface area contributed by atoms with Crippen molar-refractivity contribution >= 4 is 5.97 Å². The molecule has 1 saturated heterocycles. The maximum absolute atomic E-state index is 11.4. The summed E-state index contributed by atoms with van der Waals surface area (Å²) in [5.74, 6) is -0.762. The first kappa shape index (κ1) is 12.8. The molecule has 17 heavy (non-hydrogen) atoms. The SMILES string of the molecule is CC(C)NC1(C(=O)O)CCC(OC2COC2)C1. The molecule has 1 aliphatic carbocycles. The van der Waals surface area contributed by atoms with Crippen LogP contribution in [0.3, 0.4) is 0 Å². The Balaban J connectivity index is 1.92. The molecule has 1 heterocycles. The molecule has 98 valence electrons. The Bertz CT molecular complexity index is 290. The van der Waals surface area contributed by atoms with Crippen LogP contribution in [0.2, 0.25) is 0 Å². The summed E-state index contributed by atoms with van der Waals surface area (Å²) in [6.45, 7) is 5.24. The molecule has 0 radical (unpaired) electrons. The van der Waals surface area contributed by atoms with Crippen molar-refractivity contribution in [2.45, 2.75) is 56.9 Å². The van der Waals surface area contributed by atoms with Crippen LogP contribution in [0.4, 0.5) is 0 Å². The Hall–Kier alpha value is -0.650. The highest BCUT2D eigenvalue weighted by Gasteiger charge is 2.47. The van der Waals surface area contributed by atoms with Gasteiger partial charge in [-0.15, -0.1) is 0 Å². The summed E-state index contributed by atoms with van der Waals surface area (Å²) >= 11 is 0. The highest BCUT2D eigenvalue weighted by molar-refractivity contribution is 5.79. The molecule has 2 aliphatic rings. The number of hydrogen-bond donors (Lipinski definition) is 2. The Morgan fingerprint density at radius 3 is 2.65 bits per heavy atom. The maximum atomic E-state index is 11.4. The Kier molecular flexibility index (Phi) is 3.70. The number of rotatable bonds is 5. The van der Waals surface area contributed by atoms with E-state index in [4.69, 9.17) is 9.47 Å². The van der Waals surface area contributed by atoms with Gasteiger partial charge in [0.2, 0.25) is 0 Å². The van der Waals surface area contributed by atoms with E-state index in [1.54, 1.807) is 0 Å². The third-order valence-corrected chi connectivity index (χ3v) is 3.44. The van der Waals surface area contributed by atoms with Crippen LogP contribution in [-0.4, -0.2) is 48.1 Å². The smallest absolute Gasteiger partial charge is 0.324 e. The van der Waals surface area contributed by atoms with Gasteiger partial charge < -0.3 is 14.6 Å². The van der Waals surface area contributed by atoms with Gasteiger partial charge in [0.1, 0.15) is 11.6 Å². The first-order valence-corrected chi connectivity index (χ1v) is 6.26. The number of nitrogens with one attached hydrogen (secondary N) is 1. The van der Waals surface area contributed by atoms with Gasteiger partial charge in [-0.1, -0.05) is 0 Å². The lowest BCUT2D eigenvalue weighted by Crippen LogP contribution is -2.53. The van der Waals surface area contributed by atoms with Gasteiger partial charge in [-0.25, -0.2) is 0 Å². The van der Waals surface area contributed by atoms with E-state index in [0.29, 0.717) is 26.1 Å². The molecule has 1 aliphatic heterocycles. The average Bonchev–Trinajstić information content (AvgIpc) is 2.55. The third kappa shape index (κ3) is 2.78. The maximum Gasteiger partial charge on any atom is 0.324 e. The lowest BCUT2D eigenvalue weighted by atomic mass is 9.96. The quantitative estimate of drug-likeness (QED) is 0.746. The van der Waals surface area contributed by atoms with Crippen molar-refractivity contribution in [3.05, 3.63) is 0 Å². The van der Waals surface area contributed by atoms with E-state index in [2.05, 4.69) is 5.32 Å². The molecular weight excluding hydrogens is 222 g/mol. The molecule has 2 fully saturated rings. The van der Waals surface area contributed by atoms with Gasteiger partial charge in [0.25, 0.3) is 0 Å². The van der Waals surface area contributed by atoms with Crippen LogP contribution in [0.25, 0.3) is 0 Å². The van der Waals surface area contributed by atoms with Gasteiger partial charge in [-0.2, -0.15) is 0 Å². The zero-order valence-electron chi connectivity index (χ0n) is 10.4. The van der Waals surface area contributed by atoms with Crippen molar-refractivity contribution in [1.29, 1.82) is 0 Å². The van der Waals surface area contributed by atoms with Crippen molar-refractivity contribution < 1.29 is 19.4 Å². The number of aliphatic carboxylic acids is 1. The standard InChI is InChI=1S/C12H21NO4/c1-8(2)13-12(11(14)15)4-3-9(5-12)17-10-6-16-7-10/h8-10,13H,3-7H2,1-2H3,(H,14,15). The summed E-state index contributed by atoms with van der Waals surface area (Å²) in [6.07, 6.45) is 2.22. The molecule has 0 spiro atoms. The number of hydrogen-bond acceptors (Lipinski definition) is 4. The van der Waals surface area contributed by atoms with E-state index in [9.17, 15) is 9.90 Å². The fraction of sp³-hybridized carbons (Fsp3) is 0.917. The molecular formula is C12H21NO4. The predicted molar refractivity (Wildman–Crippen MR) is 62.0 cm³/mol. The second-order valence-corrected chi connectivity index (χ2v) is 5.35.